The predicted molar refractivity (Wildman–Crippen MR) is 99.6 cm³/mol. The summed E-state index contributed by atoms with van der Waals surface area (Å²) in [6.45, 7) is 2.36. The number of amides is 4. The number of urea groups is 1. The van der Waals surface area contributed by atoms with E-state index >= 15 is 0 Å². The van der Waals surface area contributed by atoms with Crippen molar-refractivity contribution in [3.8, 4) is 11.5 Å². The predicted octanol–water partition coefficient (Wildman–Crippen LogP) is 2.76. The molecule has 1 aliphatic heterocycles. The fourth-order valence-corrected chi connectivity index (χ4v) is 2.65. The monoisotopic (exact) mass is 366 g/mol. The van der Waals surface area contributed by atoms with Crippen molar-refractivity contribution in [2.75, 3.05) is 18.6 Å². The van der Waals surface area contributed by atoms with Gasteiger partial charge in [-0.1, -0.05) is 12.1 Å². The Morgan fingerprint density at radius 1 is 1.04 bits per heavy atom. The maximum absolute atomic E-state index is 12.8. The second-order valence-corrected chi connectivity index (χ2v) is 5.66. The van der Waals surface area contributed by atoms with Gasteiger partial charge in [-0.2, -0.15) is 0 Å². The average Bonchev–Trinajstić information content (AvgIpc) is 2.67. The highest BCUT2D eigenvalue weighted by molar-refractivity contribution is 6.39. The van der Waals surface area contributed by atoms with E-state index < -0.39 is 17.8 Å². The van der Waals surface area contributed by atoms with Crippen molar-refractivity contribution in [2.24, 2.45) is 0 Å². The molecule has 1 fully saturated rings. The number of nitrogens with zero attached hydrogens (tertiary/aromatic N) is 1. The SMILES string of the molecule is CCOc1ccc(N2C(=O)NC(=O)C(=Cc3cccc(OC)c3)C2=O)cc1. The number of carbonyl (C=O) groups is 3. The molecule has 0 unspecified atom stereocenters. The van der Waals surface area contributed by atoms with Crippen molar-refractivity contribution < 1.29 is 23.9 Å². The lowest BCUT2D eigenvalue weighted by atomic mass is 10.1. The zero-order chi connectivity index (χ0) is 19.4. The molecule has 1 saturated heterocycles. The molecule has 2 aromatic rings. The van der Waals surface area contributed by atoms with Crippen LogP contribution in [0.4, 0.5) is 10.5 Å². The minimum absolute atomic E-state index is 0.142. The van der Waals surface area contributed by atoms with E-state index in [0.717, 1.165) is 4.90 Å². The van der Waals surface area contributed by atoms with Crippen LogP contribution >= 0.6 is 0 Å². The number of carbonyl (C=O) groups excluding carboxylic acids is 3. The molecule has 0 radical (unpaired) electrons. The van der Waals surface area contributed by atoms with Crippen LogP contribution in [0.25, 0.3) is 6.08 Å². The summed E-state index contributed by atoms with van der Waals surface area (Å²) in [5.74, 6) is -0.229. The van der Waals surface area contributed by atoms with Crippen LogP contribution in [0.2, 0.25) is 0 Å². The van der Waals surface area contributed by atoms with Crippen LogP contribution in [0.15, 0.2) is 54.1 Å². The highest BCUT2D eigenvalue weighted by Crippen LogP contribution is 2.25. The standard InChI is InChI=1S/C20H18N2O5/c1-3-27-15-9-7-14(8-10-15)22-19(24)17(18(23)21-20(22)25)12-13-5-4-6-16(11-13)26-2/h4-12H,3H2,1-2H3,(H,21,23,25). The van der Waals surface area contributed by atoms with Gasteiger partial charge >= 0.3 is 6.03 Å². The van der Waals surface area contributed by atoms with E-state index in [1.165, 1.54) is 13.2 Å². The molecule has 7 nitrogen and oxygen atoms in total. The molecule has 2 aromatic carbocycles. The van der Waals surface area contributed by atoms with Crippen LogP contribution in [-0.4, -0.2) is 31.6 Å². The van der Waals surface area contributed by atoms with Crippen LogP contribution in [0.3, 0.4) is 0 Å². The highest BCUT2D eigenvalue weighted by atomic mass is 16.5. The Balaban J connectivity index is 1.94. The first-order valence-corrected chi connectivity index (χ1v) is 8.32. The zero-order valence-corrected chi connectivity index (χ0v) is 14.9. The van der Waals surface area contributed by atoms with Gasteiger partial charge in [-0.3, -0.25) is 14.9 Å². The molecule has 0 saturated carbocycles. The number of hydrogen-bond acceptors (Lipinski definition) is 5. The second kappa shape index (κ2) is 7.74. The van der Waals surface area contributed by atoms with Crippen molar-refractivity contribution >= 4 is 29.6 Å². The Morgan fingerprint density at radius 2 is 1.78 bits per heavy atom. The van der Waals surface area contributed by atoms with Gasteiger partial charge in [0.1, 0.15) is 17.1 Å². The molecule has 0 aliphatic carbocycles. The van der Waals surface area contributed by atoms with Crippen molar-refractivity contribution in [3.63, 3.8) is 0 Å². The maximum atomic E-state index is 12.8. The summed E-state index contributed by atoms with van der Waals surface area (Å²) in [5.41, 5.74) is 0.801. The van der Waals surface area contributed by atoms with Gasteiger partial charge in [0.25, 0.3) is 11.8 Å². The third-order valence-corrected chi connectivity index (χ3v) is 3.91. The molecule has 7 heteroatoms. The Morgan fingerprint density at radius 3 is 2.44 bits per heavy atom. The summed E-state index contributed by atoms with van der Waals surface area (Å²) < 4.78 is 10.5. The van der Waals surface area contributed by atoms with E-state index in [9.17, 15) is 14.4 Å². The van der Waals surface area contributed by atoms with Crippen LogP contribution < -0.4 is 19.7 Å². The molecule has 0 aromatic heterocycles. The van der Waals surface area contributed by atoms with Crippen LogP contribution in [-0.2, 0) is 9.59 Å². The number of benzene rings is 2. The van der Waals surface area contributed by atoms with Crippen molar-refractivity contribution in [1.29, 1.82) is 0 Å². The van der Waals surface area contributed by atoms with Gasteiger partial charge in [0.05, 0.1) is 19.4 Å². The van der Waals surface area contributed by atoms with E-state index in [4.69, 9.17) is 9.47 Å². The summed E-state index contributed by atoms with van der Waals surface area (Å²) in [6, 6.07) is 12.6. The van der Waals surface area contributed by atoms with E-state index in [2.05, 4.69) is 5.32 Å². The normalized spacial score (nSPS) is 15.7. The summed E-state index contributed by atoms with van der Waals surface area (Å²) in [4.78, 5) is 38.2. The summed E-state index contributed by atoms with van der Waals surface area (Å²) in [6.07, 6.45) is 1.42. The molecule has 1 aliphatic rings. The summed E-state index contributed by atoms with van der Waals surface area (Å²) >= 11 is 0. The molecule has 138 valence electrons. The first-order chi connectivity index (χ1) is 13.0. The van der Waals surface area contributed by atoms with E-state index in [1.54, 1.807) is 48.5 Å². The number of barbiturate groups is 1. The lowest BCUT2D eigenvalue weighted by molar-refractivity contribution is -0.122. The van der Waals surface area contributed by atoms with Crippen LogP contribution in [0, 0.1) is 0 Å². The smallest absolute Gasteiger partial charge is 0.335 e. The zero-order valence-electron chi connectivity index (χ0n) is 14.9. The topological polar surface area (TPSA) is 84.9 Å². The van der Waals surface area contributed by atoms with Gasteiger partial charge in [-0.25, -0.2) is 9.69 Å². The number of anilines is 1. The quantitative estimate of drug-likeness (QED) is 0.650. The van der Waals surface area contributed by atoms with Crippen molar-refractivity contribution in [3.05, 3.63) is 59.7 Å². The Kier molecular flexibility index (Phi) is 5.21. The molecular formula is C20H18N2O5. The Bertz CT molecular complexity index is 918. The average molecular weight is 366 g/mol. The third kappa shape index (κ3) is 3.82. The van der Waals surface area contributed by atoms with Gasteiger partial charge in [-0.15, -0.1) is 0 Å². The molecule has 0 spiro atoms. The minimum Gasteiger partial charge on any atom is -0.497 e. The molecule has 27 heavy (non-hydrogen) atoms. The highest BCUT2D eigenvalue weighted by Gasteiger charge is 2.36. The van der Waals surface area contributed by atoms with Gasteiger partial charge in [-0.05, 0) is 55.0 Å². The van der Waals surface area contributed by atoms with Crippen molar-refractivity contribution in [1.82, 2.24) is 5.32 Å². The molecule has 0 atom stereocenters. The molecule has 3 rings (SSSR count). The van der Waals surface area contributed by atoms with Crippen LogP contribution in [0.1, 0.15) is 12.5 Å². The van der Waals surface area contributed by atoms with E-state index in [-0.39, 0.29) is 5.57 Å². The first kappa shape index (κ1) is 18.2. The number of nitrogens with one attached hydrogen (secondary N) is 1. The lowest BCUT2D eigenvalue weighted by Crippen LogP contribution is -2.54. The number of hydrogen-bond donors (Lipinski definition) is 1. The molecule has 1 heterocycles. The largest absolute Gasteiger partial charge is 0.497 e. The fourth-order valence-electron chi connectivity index (χ4n) is 2.65. The molecular weight excluding hydrogens is 348 g/mol. The molecule has 0 bridgehead atoms. The fraction of sp³-hybridized carbons (Fsp3) is 0.150. The summed E-state index contributed by atoms with van der Waals surface area (Å²) in [7, 11) is 1.52. The van der Waals surface area contributed by atoms with Crippen molar-refractivity contribution in [2.45, 2.75) is 6.92 Å². The van der Waals surface area contributed by atoms with Gasteiger partial charge < -0.3 is 9.47 Å². The Hall–Kier alpha value is -3.61. The van der Waals surface area contributed by atoms with Crippen LogP contribution in [0.5, 0.6) is 11.5 Å². The van der Waals surface area contributed by atoms with Gasteiger partial charge in [0.15, 0.2) is 0 Å². The number of imide groups is 2. The maximum Gasteiger partial charge on any atom is 0.335 e. The summed E-state index contributed by atoms with van der Waals surface area (Å²) in [5, 5.41) is 2.19. The Labute approximate surface area is 156 Å². The second-order valence-electron chi connectivity index (χ2n) is 5.66. The van der Waals surface area contributed by atoms with Gasteiger partial charge in [0, 0.05) is 0 Å². The number of methoxy groups -OCH3 is 1. The first-order valence-electron chi connectivity index (χ1n) is 8.32. The third-order valence-electron chi connectivity index (χ3n) is 3.91. The van der Waals surface area contributed by atoms with E-state index in [0.29, 0.717) is 29.4 Å². The number of rotatable bonds is 5. The molecule has 4 amide bonds. The minimum atomic E-state index is -0.794. The lowest BCUT2D eigenvalue weighted by Gasteiger charge is -2.26. The van der Waals surface area contributed by atoms with Gasteiger partial charge in [0.2, 0.25) is 0 Å². The van der Waals surface area contributed by atoms with E-state index in [1.807, 2.05) is 6.92 Å². The molecule has 1 N–H and O–H groups in total. The number of ether oxygens (including phenoxy) is 2.